The van der Waals surface area contributed by atoms with Crippen molar-refractivity contribution in [1.82, 2.24) is 14.2 Å². The van der Waals surface area contributed by atoms with Gasteiger partial charge in [-0.1, -0.05) is 54.6 Å². The number of hydroxylamine groups is 2. The van der Waals surface area contributed by atoms with Gasteiger partial charge in [0.2, 0.25) is 0 Å². The molecule has 1 amide bonds. The number of aryl methyl sites for hydroxylation is 1. The molecule has 50 heavy (non-hydrogen) atoms. The molecular formula is C42H38N4O4. The third-order valence-corrected chi connectivity index (χ3v) is 9.44. The molecule has 0 radical (unpaired) electrons. The van der Waals surface area contributed by atoms with Crippen molar-refractivity contribution in [3.8, 4) is 5.69 Å². The predicted molar refractivity (Wildman–Crippen MR) is 200 cm³/mol. The van der Waals surface area contributed by atoms with E-state index in [1.54, 1.807) is 7.05 Å². The van der Waals surface area contributed by atoms with Crippen molar-refractivity contribution in [3.63, 3.8) is 0 Å². The van der Waals surface area contributed by atoms with E-state index in [1.807, 2.05) is 79.7 Å². The molecule has 8 heteroatoms. The molecule has 0 aliphatic heterocycles. The van der Waals surface area contributed by atoms with Crippen LogP contribution in [-0.2, 0) is 21.0 Å². The Kier molecular flexibility index (Phi) is 8.53. The van der Waals surface area contributed by atoms with Crippen molar-refractivity contribution in [2.75, 3.05) is 7.05 Å². The van der Waals surface area contributed by atoms with Crippen LogP contribution in [-0.4, -0.2) is 50.7 Å². The number of benzene rings is 5. The largest absolute Gasteiger partial charge is 0.341 e. The maximum Gasteiger partial charge on any atom is 0.329 e. The Hall–Kier alpha value is -6.02. The zero-order valence-corrected chi connectivity index (χ0v) is 28.8. The molecule has 0 bridgehead atoms. The van der Waals surface area contributed by atoms with Gasteiger partial charge in [0.05, 0.1) is 22.8 Å². The van der Waals surface area contributed by atoms with Gasteiger partial charge in [-0.15, -0.1) is 0 Å². The number of para-hydroxylation sites is 3. The van der Waals surface area contributed by atoms with Crippen molar-refractivity contribution in [1.29, 1.82) is 0 Å². The van der Waals surface area contributed by atoms with E-state index < -0.39 is 12.0 Å². The highest BCUT2D eigenvalue weighted by molar-refractivity contribution is 6.18. The van der Waals surface area contributed by atoms with Crippen LogP contribution in [0.3, 0.4) is 0 Å². The molecule has 2 heterocycles. The first-order valence-electron chi connectivity index (χ1n) is 16.8. The maximum atomic E-state index is 14.5. The average molecular weight is 663 g/mol. The van der Waals surface area contributed by atoms with Crippen LogP contribution in [0.2, 0.25) is 0 Å². The second kappa shape index (κ2) is 13.1. The summed E-state index contributed by atoms with van der Waals surface area (Å²) >= 11 is 0. The quantitative estimate of drug-likeness (QED) is 0.0926. The molecule has 7 rings (SSSR count). The van der Waals surface area contributed by atoms with Crippen molar-refractivity contribution >= 4 is 67.0 Å². The van der Waals surface area contributed by atoms with E-state index in [1.165, 1.54) is 13.8 Å². The lowest BCUT2D eigenvalue weighted by Crippen LogP contribution is -2.39. The van der Waals surface area contributed by atoms with Gasteiger partial charge in [0, 0.05) is 83.3 Å². The molecule has 250 valence electrons. The molecule has 7 aromatic rings. The molecule has 2 aromatic heterocycles. The Bertz CT molecular complexity index is 2450. The number of rotatable bonds is 8. The monoisotopic (exact) mass is 662 g/mol. The summed E-state index contributed by atoms with van der Waals surface area (Å²) < 4.78 is 4.44. The van der Waals surface area contributed by atoms with Crippen molar-refractivity contribution in [2.45, 2.75) is 46.7 Å². The summed E-state index contributed by atoms with van der Waals surface area (Å²) in [6, 6.07) is 36.2. The van der Waals surface area contributed by atoms with E-state index in [2.05, 4.69) is 57.4 Å². The fraction of sp³-hybridized carbons (Fsp3) is 0.190. The van der Waals surface area contributed by atoms with E-state index in [9.17, 15) is 14.4 Å². The summed E-state index contributed by atoms with van der Waals surface area (Å²) in [4.78, 5) is 48.2. The molecule has 1 atom stereocenters. The van der Waals surface area contributed by atoms with Gasteiger partial charge in [-0.2, -0.15) is 5.06 Å². The van der Waals surface area contributed by atoms with Crippen LogP contribution >= 0.6 is 0 Å². The molecule has 5 aromatic carbocycles. The number of carbonyl (C=O) groups is 3. The van der Waals surface area contributed by atoms with Crippen LogP contribution in [0, 0.1) is 0 Å². The minimum atomic E-state index is -0.557. The fourth-order valence-electron chi connectivity index (χ4n) is 7.27. The Balaban J connectivity index is 1.32. The predicted octanol–water partition coefficient (Wildman–Crippen LogP) is 8.67. The smallest absolute Gasteiger partial charge is 0.329 e. The lowest BCUT2D eigenvalue weighted by molar-refractivity contribution is -0.202. The highest BCUT2D eigenvalue weighted by Gasteiger charge is 2.24. The molecule has 0 aliphatic carbocycles. The number of fused-ring (bicyclic) bond motifs is 6. The molecule has 0 aliphatic rings. The Labute approximate surface area is 290 Å². The van der Waals surface area contributed by atoms with E-state index in [-0.39, 0.29) is 11.7 Å². The van der Waals surface area contributed by atoms with Gasteiger partial charge in [0.25, 0.3) is 5.91 Å². The summed E-state index contributed by atoms with van der Waals surface area (Å²) in [6.45, 7) is 7.34. The third kappa shape index (κ3) is 5.52. The van der Waals surface area contributed by atoms with Crippen molar-refractivity contribution < 1.29 is 19.2 Å². The molecule has 0 fully saturated rings. The number of aromatic nitrogens is 2. The fourth-order valence-corrected chi connectivity index (χ4v) is 7.27. The van der Waals surface area contributed by atoms with E-state index in [4.69, 9.17) is 4.84 Å². The molecular weight excluding hydrogens is 624 g/mol. The van der Waals surface area contributed by atoms with Crippen molar-refractivity contribution in [3.05, 3.63) is 126 Å². The van der Waals surface area contributed by atoms with Gasteiger partial charge in [-0.05, 0) is 74.0 Å². The topological polar surface area (TPSA) is 85.9 Å². The van der Waals surface area contributed by atoms with E-state index in [0.29, 0.717) is 17.5 Å². The lowest BCUT2D eigenvalue weighted by Gasteiger charge is -2.26. The summed E-state index contributed by atoms with van der Waals surface area (Å²) in [6.07, 6.45) is 0.380. The standard InChI is InChI=1S/C42H38N4O4/c1-6-44-37-21-19-29(36(43-5)23-26(2)46(27(3)47)50-28(4)48)24-34(37)35-25-30(20-22-38(35)44)42(49)33-15-9-12-18-41(33)45-39-16-10-7-13-31(39)32-14-8-11-17-40(32)45/h7-22,24-26H,6,23H2,1-5H3/b43-36+. The number of amides is 1. The van der Waals surface area contributed by atoms with Gasteiger partial charge < -0.3 is 14.0 Å². The molecule has 0 N–H and O–H groups in total. The number of aliphatic imine (C=N–C) groups is 1. The summed E-state index contributed by atoms with van der Waals surface area (Å²) in [5.74, 6) is -0.974. The first-order chi connectivity index (χ1) is 24.2. The highest BCUT2D eigenvalue weighted by atomic mass is 16.7. The maximum absolute atomic E-state index is 14.5. The second-order valence-electron chi connectivity index (χ2n) is 12.6. The Morgan fingerprint density at radius 3 is 1.86 bits per heavy atom. The minimum Gasteiger partial charge on any atom is -0.341 e. The Morgan fingerprint density at radius 2 is 1.28 bits per heavy atom. The number of ketones is 1. The van der Waals surface area contributed by atoms with Crippen LogP contribution in [0.4, 0.5) is 0 Å². The van der Waals surface area contributed by atoms with Crippen LogP contribution < -0.4 is 0 Å². The van der Waals surface area contributed by atoms with Crippen LogP contribution in [0.5, 0.6) is 0 Å². The molecule has 0 saturated heterocycles. The molecule has 8 nitrogen and oxygen atoms in total. The van der Waals surface area contributed by atoms with Gasteiger partial charge in [-0.25, -0.2) is 0 Å². The van der Waals surface area contributed by atoms with Gasteiger partial charge in [0.15, 0.2) is 5.78 Å². The highest BCUT2D eigenvalue weighted by Crippen LogP contribution is 2.35. The average Bonchev–Trinajstić information content (AvgIpc) is 3.64. The van der Waals surface area contributed by atoms with Gasteiger partial charge in [0.1, 0.15) is 0 Å². The third-order valence-electron chi connectivity index (χ3n) is 9.44. The van der Waals surface area contributed by atoms with E-state index in [0.717, 1.165) is 72.2 Å². The zero-order valence-electron chi connectivity index (χ0n) is 28.8. The zero-order chi connectivity index (χ0) is 35.1. The number of hydrogen-bond acceptors (Lipinski definition) is 5. The second-order valence-corrected chi connectivity index (χ2v) is 12.6. The number of carbonyl (C=O) groups excluding carboxylic acids is 3. The molecule has 1 unspecified atom stereocenters. The molecule has 0 spiro atoms. The van der Waals surface area contributed by atoms with Gasteiger partial charge in [-0.3, -0.25) is 19.4 Å². The normalized spacial score (nSPS) is 12.5. The minimum absolute atomic E-state index is 0.0580. The van der Waals surface area contributed by atoms with Crippen LogP contribution in [0.25, 0.3) is 49.3 Å². The lowest BCUT2D eigenvalue weighted by atomic mass is 9.98. The number of hydrogen-bond donors (Lipinski definition) is 0. The van der Waals surface area contributed by atoms with Crippen molar-refractivity contribution in [2.24, 2.45) is 4.99 Å². The SMILES string of the molecule is CCn1c2ccc(C(=O)c3ccccc3-n3c4ccccc4c4ccccc43)cc2c2cc(/C(CC(C)N(OC(C)=O)C(C)=O)=N/C)ccc21. The summed E-state index contributed by atoms with van der Waals surface area (Å²) in [7, 11) is 1.72. The summed E-state index contributed by atoms with van der Waals surface area (Å²) in [5, 5.41) is 5.35. The first-order valence-corrected chi connectivity index (χ1v) is 16.8. The Morgan fingerprint density at radius 1 is 0.720 bits per heavy atom. The van der Waals surface area contributed by atoms with Crippen LogP contribution in [0.15, 0.2) is 114 Å². The first kappa shape index (κ1) is 32.5. The van der Waals surface area contributed by atoms with Crippen LogP contribution in [0.1, 0.15) is 55.6 Å². The van der Waals surface area contributed by atoms with E-state index >= 15 is 0 Å². The molecule has 0 saturated carbocycles. The number of nitrogens with zero attached hydrogens (tertiary/aromatic N) is 4. The van der Waals surface area contributed by atoms with Gasteiger partial charge >= 0.3 is 5.97 Å². The summed E-state index contributed by atoms with van der Waals surface area (Å²) in [5.41, 5.74) is 7.89.